The van der Waals surface area contributed by atoms with E-state index in [-0.39, 0.29) is 16.8 Å². The van der Waals surface area contributed by atoms with Gasteiger partial charge in [0, 0.05) is 22.6 Å². The summed E-state index contributed by atoms with van der Waals surface area (Å²) < 4.78 is 32.9. The van der Waals surface area contributed by atoms with Crippen molar-refractivity contribution in [2.75, 3.05) is 12.4 Å². The molecule has 7 nitrogen and oxygen atoms in total. The third kappa shape index (κ3) is 4.28. The SMILES string of the molecule is COc1ccc2[nH]c(C(=O)Nc3ccc(C)c(S(=O)(=O)NC(C)C)c3)c(C)c2c1. The molecule has 0 atom stereocenters. The molecule has 0 spiro atoms. The van der Waals surface area contributed by atoms with Crippen molar-refractivity contribution in [1.82, 2.24) is 9.71 Å². The van der Waals surface area contributed by atoms with Crippen molar-refractivity contribution in [1.29, 1.82) is 0 Å². The molecule has 29 heavy (non-hydrogen) atoms. The largest absolute Gasteiger partial charge is 0.497 e. The number of carbonyl (C=O) groups is 1. The van der Waals surface area contributed by atoms with Crippen LogP contribution in [0.15, 0.2) is 41.3 Å². The number of ether oxygens (including phenoxy) is 1. The summed E-state index contributed by atoms with van der Waals surface area (Å²) in [7, 11) is -2.08. The maximum absolute atomic E-state index is 12.8. The summed E-state index contributed by atoms with van der Waals surface area (Å²) in [5, 5.41) is 3.68. The standard InChI is InChI=1S/C21H25N3O4S/c1-12(2)24-29(26,27)19-10-15(7-6-13(19)3)22-21(25)20-14(4)17-11-16(28-5)8-9-18(17)23-20/h6-12,23-24H,1-5H3,(H,22,25). The first-order valence-electron chi connectivity index (χ1n) is 9.23. The minimum atomic E-state index is -3.67. The van der Waals surface area contributed by atoms with Gasteiger partial charge in [0.1, 0.15) is 11.4 Å². The van der Waals surface area contributed by atoms with Gasteiger partial charge in [-0.25, -0.2) is 13.1 Å². The number of aromatic amines is 1. The first-order valence-corrected chi connectivity index (χ1v) is 10.7. The van der Waals surface area contributed by atoms with E-state index in [2.05, 4.69) is 15.0 Å². The summed E-state index contributed by atoms with van der Waals surface area (Å²) in [4.78, 5) is 16.1. The van der Waals surface area contributed by atoms with Crippen LogP contribution in [0.1, 0.15) is 35.5 Å². The number of carbonyl (C=O) groups excluding carboxylic acids is 1. The van der Waals surface area contributed by atoms with Crippen molar-refractivity contribution < 1.29 is 17.9 Å². The molecule has 0 aliphatic carbocycles. The number of aryl methyl sites for hydroxylation is 2. The minimum Gasteiger partial charge on any atom is -0.497 e. The minimum absolute atomic E-state index is 0.141. The first kappa shape index (κ1) is 20.9. The monoisotopic (exact) mass is 415 g/mol. The molecule has 0 saturated carbocycles. The van der Waals surface area contributed by atoms with Gasteiger partial charge in [0.15, 0.2) is 0 Å². The Labute approximate surface area is 170 Å². The summed E-state index contributed by atoms with van der Waals surface area (Å²) in [5.74, 6) is 0.360. The van der Waals surface area contributed by atoms with Crippen molar-refractivity contribution in [3.8, 4) is 5.75 Å². The fourth-order valence-electron chi connectivity index (χ4n) is 3.19. The molecule has 154 valence electrons. The predicted octanol–water partition coefficient (Wildman–Crippen LogP) is 3.73. The molecule has 0 bridgehead atoms. The first-order chi connectivity index (χ1) is 13.6. The Morgan fingerprint density at radius 1 is 1.10 bits per heavy atom. The second kappa shape index (κ2) is 7.88. The molecule has 0 saturated heterocycles. The highest BCUT2D eigenvalue weighted by molar-refractivity contribution is 7.89. The molecule has 0 aliphatic heterocycles. The molecule has 0 fully saturated rings. The quantitative estimate of drug-likeness (QED) is 0.571. The summed E-state index contributed by atoms with van der Waals surface area (Å²) >= 11 is 0. The number of sulfonamides is 1. The number of rotatable bonds is 6. The Bertz CT molecular complexity index is 1180. The molecular weight excluding hydrogens is 390 g/mol. The highest BCUT2D eigenvalue weighted by atomic mass is 32.2. The van der Waals surface area contributed by atoms with E-state index in [1.54, 1.807) is 40.0 Å². The summed E-state index contributed by atoms with van der Waals surface area (Å²) in [6.07, 6.45) is 0. The zero-order valence-electron chi connectivity index (χ0n) is 17.1. The number of amides is 1. The number of aromatic nitrogens is 1. The molecule has 2 aromatic carbocycles. The molecule has 1 amide bonds. The molecule has 1 heterocycles. The molecule has 0 radical (unpaired) electrons. The predicted molar refractivity (Wildman–Crippen MR) is 114 cm³/mol. The number of methoxy groups -OCH3 is 1. The maximum atomic E-state index is 12.8. The van der Waals surface area contributed by atoms with Gasteiger partial charge in [-0.3, -0.25) is 4.79 Å². The van der Waals surface area contributed by atoms with Crippen molar-refractivity contribution in [2.24, 2.45) is 0 Å². The molecule has 0 aliphatic rings. The second-order valence-electron chi connectivity index (χ2n) is 7.25. The highest BCUT2D eigenvalue weighted by Gasteiger charge is 2.20. The molecular formula is C21H25N3O4S. The smallest absolute Gasteiger partial charge is 0.272 e. The van der Waals surface area contributed by atoms with Crippen LogP contribution in [0.4, 0.5) is 5.69 Å². The van der Waals surface area contributed by atoms with E-state index in [9.17, 15) is 13.2 Å². The van der Waals surface area contributed by atoms with Crippen molar-refractivity contribution in [3.05, 3.63) is 53.2 Å². The fraction of sp³-hybridized carbons (Fsp3) is 0.286. The van der Waals surface area contributed by atoms with E-state index >= 15 is 0 Å². The Morgan fingerprint density at radius 2 is 1.83 bits per heavy atom. The van der Waals surface area contributed by atoms with Crippen LogP contribution in [-0.4, -0.2) is 32.5 Å². The van der Waals surface area contributed by atoms with Gasteiger partial charge < -0.3 is 15.0 Å². The Hall–Kier alpha value is -2.84. The zero-order valence-corrected chi connectivity index (χ0v) is 17.9. The fourth-order valence-corrected chi connectivity index (χ4v) is 4.72. The van der Waals surface area contributed by atoms with Crippen LogP contribution in [0.25, 0.3) is 10.9 Å². The number of benzene rings is 2. The lowest BCUT2D eigenvalue weighted by Crippen LogP contribution is -2.30. The lowest BCUT2D eigenvalue weighted by Gasteiger charge is -2.13. The van der Waals surface area contributed by atoms with E-state index in [0.29, 0.717) is 22.7 Å². The third-order valence-corrected chi connectivity index (χ3v) is 6.42. The van der Waals surface area contributed by atoms with Crippen LogP contribution >= 0.6 is 0 Å². The summed E-state index contributed by atoms with van der Waals surface area (Å²) in [6, 6.07) is 10.1. The number of hydrogen-bond acceptors (Lipinski definition) is 4. The van der Waals surface area contributed by atoms with Gasteiger partial charge in [0.05, 0.1) is 12.0 Å². The van der Waals surface area contributed by atoms with Crippen molar-refractivity contribution in [2.45, 2.75) is 38.6 Å². The summed E-state index contributed by atoms with van der Waals surface area (Å²) in [5.41, 5.74) is 3.03. The molecule has 0 unspecified atom stereocenters. The van der Waals surface area contributed by atoms with E-state index < -0.39 is 10.0 Å². The van der Waals surface area contributed by atoms with Crippen molar-refractivity contribution >= 4 is 32.5 Å². The van der Waals surface area contributed by atoms with Gasteiger partial charge >= 0.3 is 0 Å². The van der Waals surface area contributed by atoms with Crippen LogP contribution in [0.2, 0.25) is 0 Å². The van der Waals surface area contributed by atoms with E-state index in [1.807, 2.05) is 25.1 Å². The van der Waals surface area contributed by atoms with Gasteiger partial charge in [-0.2, -0.15) is 0 Å². The van der Waals surface area contributed by atoms with Crippen LogP contribution in [0, 0.1) is 13.8 Å². The van der Waals surface area contributed by atoms with E-state index in [1.165, 1.54) is 6.07 Å². The average molecular weight is 416 g/mol. The number of fused-ring (bicyclic) bond motifs is 1. The van der Waals surface area contributed by atoms with Gasteiger partial charge in [-0.15, -0.1) is 0 Å². The van der Waals surface area contributed by atoms with Crippen LogP contribution in [0.5, 0.6) is 5.75 Å². The molecule has 3 aromatic rings. The molecule has 1 aromatic heterocycles. The Balaban J connectivity index is 1.93. The maximum Gasteiger partial charge on any atom is 0.272 e. The normalized spacial score (nSPS) is 11.8. The Morgan fingerprint density at radius 3 is 2.48 bits per heavy atom. The third-order valence-electron chi connectivity index (χ3n) is 4.62. The van der Waals surface area contributed by atoms with Crippen LogP contribution in [-0.2, 0) is 10.0 Å². The topological polar surface area (TPSA) is 100 Å². The van der Waals surface area contributed by atoms with Gasteiger partial charge in [-0.05, 0) is 69.2 Å². The second-order valence-corrected chi connectivity index (χ2v) is 8.93. The lowest BCUT2D eigenvalue weighted by molar-refractivity contribution is 0.102. The zero-order chi connectivity index (χ0) is 21.3. The number of nitrogens with one attached hydrogen (secondary N) is 3. The molecule has 8 heteroatoms. The van der Waals surface area contributed by atoms with E-state index in [0.717, 1.165) is 16.5 Å². The van der Waals surface area contributed by atoms with Crippen LogP contribution < -0.4 is 14.8 Å². The van der Waals surface area contributed by atoms with Crippen LogP contribution in [0.3, 0.4) is 0 Å². The number of anilines is 1. The molecule has 3 rings (SSSR count). The Kier molecular flexibility index (Phi) is 5.68. The summed E-state index contributed by atoms with van der Waals surface area (Å²) in [6.45, 7) is 7.08. The average Bonchev–Trinajstić information content (AvgIpc) is 2.98. The number of H-pyrrole nitrogens is 1. The highest BCUT2D eigenvalue weighted by Crippen LogP contribution is 2.27. The van der Waals surface area contributed by atoms with Gasteiger partial charge in [0.25, 0.3) is 5.91 Å². The van der Waals surface area contributed by atoms with Crippen molar-refractivity contribution in [3.63, 3.8) is 0 Å². The number of hydrogen-bond donors (Lipinski definition) is 3. The molecule has 3 N–H and O–H groups in total. The van der Waals surface area contributed by atoms with Gasteiger partial charge in [-0.1, -0.05) is 6.07 Å². The van der Waals surface area contributed by atoms with E-state index in [4.69, 9.17) is 4.74 Å². The lowest BCUT2D eigenvalue weighted by atomic mass is 10.1. The van der Waals surface area contributed by atoms with Gasteiger partial charge in [0.2, 0.25) is 10.0 Å².